The molecule has 0 aliphatic carbocycles. The zero-order valence-electron chi connectivity index (χ0n) is 10.7. The lowest BCUT2D eigenvalue weighted by Crippen LogP contribution is -2.36. The zero-order chi connectivity index (χ0) is 13.0. The van der Waals surface area contributed by atoms with Crippen molar-refractivity contribution in [1.82, 2.24) is 4.90 Å². The normalized spacial score (nSPS) is 21.0. The van der Waals surface area contributed by atoms with Crippen LogP contribution in [0.25, 0.3) is 0 Å². The van der Waals surface area contributed by atoms with Gasteiger partial charge in [-0.1, -0.05) is 30.3 Å². The van der Waals surface area contributed by atoms with Crippen molar-refractivity contribution in [2.75, 3.05) is 19.7 Å². The average Bonchev–Trinajstić information content (AvgIpc) is 2.83. The summed E-state index contributed by atoms with van der Waals surface area (Å²) in [6.45, 7) is 3.79. The lowest BCUT2D eigenvalue weighted by Gasteiger charge is -2.23. The van der Waals surface area contributed by atoms with Gasteiger partial charge in [0.25, 0.3) is 5.91 Å². The molecule has 1 saturated heterocycles. The van der Waals surface area contributed by atoms with Crippen LogP contribution < -0.4 is 5.73 Å². The number of ether oxygens (including phenoxy) is 1. The molecule has 1 aromatic rings. The summed E-state index contributed by atoms with van der Waals surface area (Å²) < 4.78 is 5.61. The van der Waals surface area contributed by atoms with Crippen LogP contribution in [0.4, 0.5) is 0 Å². The third-order valence-corrected chi connectivity index (χ3v) is 3.20. The Morgan fingerprint density at radius 3 is 2.78 bits per heavy atom. The SMILES string of the molecule is CCOC(C(=O)N1CCC(N)C1)c1ccccc1. The van der Waals surface area contributed by atoms with Gasteiger partial charge in [-0.2, -0.15) is 0 Å². The number of hydrogen-bond donors (Lipinski definition) is 1. The number of likely N-dealkylation sites (tertiary alicyclic amines) is 1. The molecule has 2 unspecified atom stereocenters. The van der Waals surface area contributed by atoms with E-state index in [9.17, 15) is 4.79 Å². The highest BCUT2D eigenvalue weighted by Crippen LogP contribution is 2.22. The third kappa shape index (κ3) is 2.89. The molecule has 98 valence electrons. The number of carbonyl (C=O) groups excluding carboxylic acids is 1. The summed E-state index contributed by atoms with van der Waals surface area (Å²) in [4.78, 5) is 14.2. The predicted molar refractivity (Wildman–Crippen MR) is 70.0 cm³/mol. The number of rotatable bonds is 4. The zero-order valence-corrected chi connectivity index (χ0v) is 10.7. The Morgan fingerprint density at radius 2 is 2.22 bits per heavy atom. The van der Waals surface area contributed by atoms with Crippen LogP contribution in [0.15, 0.2) is 30.3 Å². The predicted octanol–water partition coefficient (Wildman–Crippen LogP) is 1.32. The fourth-order valence-corrected chi connectivity index (χ4v) is 2.26. The monoisotopic (exact) mass is 248 g/mol. The van der Waals surface area contributed by atoms with E-state index in [4.69, 9.17) is 10.5 Å². The Bertz CT molecular complexity index is 394. The van der Waals surface area contributed by atoms with Crippen LogP contribution in [-0.2, 0) is 9.53 Å². The fraction of sp³-hybridized carbons (Fsp3) is 0.500. The summed E-state index contributed by atoms with van der Waals surface area (Å²) in [7, 11) is 0. The lowest BCUT2D eigenvalue weighted by atomic mass is 10.1. The largest absolute Gasteiger partial charge is 0.364 e. The first-order valence-corrected chi connectivity index (χ1v) is 6.43. The minimum Gasteiger partial charge on any atom is -0.364 e. The molecule has 0 bridgehead atoms. The molecule has 1 heterocycles. The van der Waals surface area contributed by atoms with E-state index >= 15 is 0 Å². The number of hydrogen-bond acceptors (Lipinski definition) is 3. The van der Waals surface area contributed by atoms with Crippen molar-refractivity contribution < 1.29 is 9.53 Å². The molecule has 4 heteroatoms. The Morgan fingerprint density at radius 1 is 1.50 bits per heavy atom. The van der Waals surface area contributed by atoms with Crippen LogP contribution in [0.2, 0.25) is 0 Å². The molecule has 2 N–H and O–H groups in total. The molecule has 1 aliphatic rings. The van der Waals surface area contributed by atoms with Crippen molar-refractivity contribution in [3.8, 4) is 0 Å². The van der Waals surface area contributed by atoms with Gasteiger partial charge in [0, 0.05) is 25.7 Å². The Kier molecular flexibility index (Phi) is 4.33. The molecule has 0 radical (unpaired) electrons. The van der Waals surface area contributed by atoms with Gasteiger partial charge in [0.05, 0.1) is 0 Å². The van der Waals surface area contributed by atoms with Gasteiger partial charge in [-0.3, -0.25) is 4.79 Å². The average molecular weight is 248 g/mol. The van der Waals surface area contributed by atoms with Crippen molar-refractivity contribution in [3.05, 3.63) is 35.9 Å². The van der Waals surface area contributed by atoms with Crippen LogP contribution in [0.5, 0.6) is 0 Å². The molecule has 1 aliphatic heterocycles. The number of carbonyl (C=O) groups is 1. The molecule has 2 atom stereocenters. The van der Waals surface area contributed by atoms with Gasteiger partial charge in [0.1, 0.15) is 0 Å². The molecular formula is C14H20N2O2. The van der Waals surface area contributed by atoms with Gasteiger partial charge in [0.2, 0.25) is 0 Å². The van der Waals surface area contributed by atoms with Crippen LogP contribution >= 0.6 is 0 Å². The topological polar surface area (TPSA) is 55.6 Å². The second-order valence-electron chi connectivity index (χ2n) is 4.58. The number of nitrogens with zero attached hydrogens (tertiary/aromatic N) is 1. The molecule has 1 amide bonds. The van der Waals surface area contributed by atoms with Crippen molar-refractivity contribution in [3.63, 3.8) is 0 Å². The van der Waals surface area contributed by atoms with Gasteiger partial charge in [-0.05, 0) is 18.9 Å². The first-order valence-electron chi connectivity index (χ1n) is 6.43. The Balaban J connectivity index is 2.12. The van der Waals surface area contributed by atoms with Crippen molar-refractivity contribution in [2.24, 2.45) is 5.73 Å². The van der Waals surface area contributed by atoms with E-state index in [1.165, 1.54) is 0 Å². The molecule has 0 spiro atoms. The number of nitrogens with two attached hydrogens (primary N) is 1. The molecule has 1 aromatic carbocycles. The Labute approximate surface area is 108 Å². The minimum atomic E-state index is -0.499. The van der Waals surface area contributed by atoms with Crippen LogP contribution in [0.1, 0.15) is 25.0 Å². The molecule has 4 nitrogen and oxygen atoms in total. The third-order valence-electron chi connectivity index (χ3n) is 3.20. The molecule has 0 aromatic heterocycles. The summed E-state index contributed by atoms with van der Waals surface area (Å²) >= 11 is 0. The van der Waals surface area contributed by atoms with Gasteiger partial charge in [-0.15, -0.1) is 0 Å². The van der Waals surface area contributed by atoms with E-state index in [1.54, 1.807) is 4.90 Å². The summed E-state index contributed by atoms with van der Waals surface area (Å²) in [6.07, 6.45) is 0.376. The second kappa shape index (κ2) is 5.98. The maximum atomic E-state index is 12.4. The molecule has 1 fully saturated rings. The molecule has 18 heavy (non-hydrogen) atoms. The van der Waals surface area contributed by atoms with E-state index in [0.717, 1.165) is 18.5 Å². The van der Waals surface area contributed by atoms with Crippen molar-refractivity contribution in [1.29, 1.82) is 0 Å². The van der Waals surface area contributed by atoms with E-state index < -0.39 is 6.10 Å². The van der Waals surface area contributed by atoms with Crippen LogP contribution in [0.3, 0.4) is 0 Å². The number of amides is 1. The first-order chi connectivity index (χ1) is 8.72. The number of benzene rings is 1. The molecule has 0 saturated carbocycles. The minimum absolute atomic E-state index is 0.0241. The summed E-state index contributed by atoms with van der Waals surface area (Å²) in [5, 5.41) is 0. The maximum Gasteiger partial charge on any atom is 0.256 e. The van der Waals surface area contributed by atoms with Crippen molar-refractivity contribution in [2.45, 2.75) is 25.5 Å². The van der Waals surface area contributed by atoms with E-state index in [0.29, 0.717) is 13.2 Å². The second-order valence-corrected chi connectivity index (χ2v) is 4.58. The standard InChI is InChI=1S/C14H20N2O2/c1-2-18-13(11-6-4-3-5-7-11)14(17)16-9-8-12(15)10-16/h3-7,12-13H,2,8-10,15H2,1H3. The smallest absolute Gasteiger partial charge is 0.256 e. The summed E-state index contributed by atoms with van der Waals surface area (Å²) in [6, 6.07) is 9.73. The van der Waals surface area contributed by atoms with Crippen molar-refractivity contribution >= 4 is 5.91 Å². The summed E-state index contributed by atoms with van der Waals surface area (Å²) in [5.41, 5.74) is 6.75. The fourth-order valence-electron chi connectivity index (χ4n) is 2.26. The van der Waals surface area contributed by atoms with E-state index in [1.807, 2.05) is 37.3 Å². The highest BCUT2D eigenvalue weighted by Gasteiger charge is 2.30. The quantitative estimate of drug-likeness (QED) is 0.874. The van der Waals surface area contributed by atoms with Crippen LogP contribution in [0, 0.1) is 0 Å². The maximum absolute atomic E-state index is 12.4. The Hall–Kier alpha value is -1.39. The van der Waals surface area contributed by atoms with Gasteiger partial charge in [0.15, 0.2) is 6.10 Å². The molecule has 2 rings (SSSR count). The van der Waals surface area contributed by atoms with E-state index in [2.05, 4.69) is 0 Å². The lowest BCUT2D eigenvalue weighted by molar-refractivity contribution is -0.142. The molecular weight excluding hydrogens is 228 g/mol. The highest BCUT2D eigenvalue weighted by molar-refractivity contribution is 5.82. The van der Waals surface area contributed by atoms with Crippen LogP contribution in [-0.4, -0.2) is 36.5 Å². The first kappa shape index (κ1) is 13.1. The highest BCUT2D eigenvalue weighted by atomic mass is 16.5. The van der Waals surface area contributed by atoms with Gasteiger partial charge >= 0.3 is 0 Å². The van der Waals surface area contributed by atoms with Gasteiger partial charge in [-0.25, -0.2) is 0 Å². The summed E-state index contributed by atoms with van der Waals surface area (Å²) in [5.74, 6) is 0.0241. The van der Waals surface area contributed by atoms with E-state index in [-0.39, 0.29) is 11.9 Å². The van der Waals surface area contributed by atoms with Gasteiger partial charge < -0.3 is 15.4 Å².